The molecule has 6 fully saturated rings. The van der Waals surface area contributed by atoms with E-state index in [9.17, 15) is 14.4 Å². The summed E-state index contributed by atoms with van der Waals surface area (Å²) >= 11 is 0. The molecule has 0 aliphatic heterocycles. The summed E-state index contributed by atoms with van der Waals surface area (Å²) in [5, 5.41) is 6.11. The van der Waals surface area contributed by atoms with Crippen LogP contribution in [0.3, 0.4) is 0 Å². The van der Waals surface area contributed by atoms with Crippen molar-refractivity contribution in [2.45, 2.75) is 148 Å². The number of carbonyl (C=O) groups excluding carboxylic acids is 5. The molecule has 0 spiro atoms. The zero-order chi connectivity index (χ0) is 27.7. The normalized spacial score (nSPS) is 30.6. The molecule has 0 heterocycles. The topological polar surface area (TPSA) is 167 Å². The Labute approximate surface area is 251 Å². The molecule has 226 valence electrons. The van der Waals surface area contributed by atoms with Crippen LogP contribution in [0.25, 0.3) is 0 Å². The molecule has 6 rings (SSSR count). The fraction of sp³-hybridized carbons (Fsp3) is 0.857. The molecule has 6 saturated carbocycles. The second-order valence-electron chi connectivity index (χ2n) is 12.0. The molecule has 3 N–H and O–H groups in total. The number of fused-ring (bicyclic) bond motifs is 6. The van der Waals surface area contributed by atoms with Gasteiger partial charge in [0.15, 0.2) is 0 Å². The molecule has 0 radical (unpaired) electrons. The summed E-state index contributed by atoms with van der Waals surface area (Å²) in [4.78, 5) is 50.1. The van der Waals surface area contributed by atoms with E-state index >= 15 is 0 Å². The molecule has 6 aliphatic carbocycles. The largest absolute Gasteiger partial charge is 1.00 e. The van der Waals surface area contributed by atoms with Crippen molar-refractivity contribution < 1.29 is 62.5 Å². The van der Waals surface area contributed by atoms with Gasteiger partial charge in [-0.25, -0.2) is 9.59 Å². The smallest absolute Gasteiger partial charge is 0.870 e. The van der Waals surface area contributed by atoms with Gasteiger partial charge in [0.1, 0.15) is 5.60 Å². The van der Waals surface area contributed by atoms with E-state index in [4.69, 9.17) is 23.8 Å². The van der Waals surface area contributed by atoms with Crippen molar-refractivity contribution in [1.82, 2.24) is 10.6 Å². The number of ether oxygens (including phenoxy) is 3. The summed E-state index contributed by atoms with van der Waals surface area (Å²) in [6, 6.07) is 0. The maximum atomic E-state index is 11.7. The van der Waals surface area contributed by atoms with E-state index in [1.807, 2.05) is 27.7 Å². The molecule has 12 heteroatoms. The zero-order valence-electron chi connectivity index (χ0n) is 24.4. The molecule has 0 saturated heterocycles. The monoisotopic (exact) mass is 564 g/mol. The van der Waals surface area contributed by atoms with Crippen LogP contribution in [0.4, 0.5) is 9.59 Å². The van der Waals surface area contributed by atoms with Crippen molar-refractivity contribution in [2.75, 3.05) is 0 Å². The molecule has 6 aliphatic rings. The average Bonchev–Trinajstić information content (AvgIpc) is 2.81. The van der Waals surface area contributed by atoms with Crippen LogP contribution in [0.2, 0.25) is 0 Å². The fourth-order valence-electron chi connectivity index (χ4n) is 6.10. The van der Waals surface area contributed by atoms with E-state index in [0.29, 0.717) is 11.9 Å². The van der Waals surface area contributed by atoms with Gasteiger partial charge < -0.3 is 30.3 Å². The number of rotatable bonds is 6. The zero-order valence-corrected chi connectivity index (χ0v) is 24.4. The Morgan fingerprint density at radius 1 is 0.725 bits per heavy atom. The van der Waals surface area contributed by atoms with Gasteiger partial charge in [0.25, 0.3) is 6.47 Å². The van der Waals surface area contributed by atoms with Crippen LogP contribution in [-0.4, -0.2) is 59.2 Å². The quantitative estimate of drug-likeness (QED) is 0.279. The Bertz CT molecular complexity index is 795. The van der Waals surface area contributed by atoms with Gasteiger partial charge in [-0.1, -0.05) is 14.4 Å². The van der Waals surface area contributed by atoms with Crippen molar-refractivity contribution >= 4 is 24.8 Å². The molecule has 0 aromatic carbocycles. The molecule has 0 aromatic rings. The van der Waals surface area contributed by atoms with Crippen LogP contribution in [0.5, 0.6) is 0 Å². The van der Waals surface area contributed by atoms with Crippen LogP contribution >= 0.6 is 0 Å². The van der Waals surface area contributed by atoms with E-state index in [1.165, 1.54) is 19.3 Å². The number of carbonyl (C=O) groups is 3. The first kappa shape index (κ1) is 40.1. The van der Waals surface area contributed by atoms with Crippen LogP contribution in [0.1, 0.15) is 119 Å². The SMILES string of the molecule is C.CC(C)OC(=O)NC12CCC(C)(CC1)CC2.CC(C)OC(=O)NC12CCC(OC=O)(CC1)CC2.O=C=O.[Li+].[OH-]. The third kappa shape index (κ3) is 11.4. The first-order chi connectivity index (χ1) is 17.3. The molecular weight excluding hydrogens is 515 g/mol. The van der Waals surface area contributed by atoms with E-state index < -0.39 is 0 Å². The number of amides is 2. The van der Waals surface area contributed by atoms with Crippen LogP contribution < -0.4 is 29.5 Å². The fourth-order valence-corrected chi connectivity index (χ4v) is 6.10. The van der Waals surface area contributed by atoms with Crippen molar-refractivity contribution in [3.05, 3.63) is 0 Å². The Morgan fingerprint density at radius 3 is 1.30 bits per heavy atom. The first-order valence-corrected chi connectivity index (χ1v) is 13.4. The first-order valence-electron chi connectivity index (χ1n) is 13.4. The maximum Gasteiger partial charge on any atom is 1.00 e. The number of hydrogen-bond acceptors (Lipinski definition) is 9. The van der Waals surface area contributed by atoms with Gasteiger partial charge in [-0.15, -0.1) is 0 Å². The average molecular weight is 565 g/mol. The Hall–Kier alpha value is -2.05. The predicted octanol–water partition coefficient (Wildman–Crippen LogP) is 2.25. The Balaban J connectivity index is 0. The van der Waals surface area contributed by atoms with Crippen molar-refractivity contribution in [1.29, 1.82) is 0 Å². The van der Waals surface area contributed by atoms with Gasteiger partial charge in [0.05, 0.1) is 12.2 Å². The van der Waals surface area contributed by atoms with Gasteiger partial charge in [-0.3, -0.25) is 4.79 Å². The van der Waals surface area contributed by atoms with Crippen LogP contribution in [-0.2, 0) is 28.6 Å². The van der Waals surface area contributed by atoms with Gasteiger partial charge >= 0.3 is 37.2 Å². The third-order valence-corrected chi connectivity index (χ3v) is 8.52. The predicted molar refractivity (Wildman–Crippen MR) is 142 cm³/mol. The molecule has 0 unspecified atom stereocenters. The summed E-state index contributed by atoms with van der Waals surface area (Å²) in [6.07, 6.45) is 11.7. The molecule has 4 bridgehead atoms. The summed E-state index contributed by atoms with van der Waals surface area (Å²) < 4.78 is 15.6. The van der Waals surface area contributed by atoms with Crippen molar-refractivity contribution in [2.24, 2.45) is 5.41 Å². The number of hydrogen-bond donors (Lipinski definition) is 2. The second-order valence-corrected chi connectivity index (χ2v) is 12.0. The Morgan fingerprint density at radius 2 is 1.02 bits per heavy atom. The molecule has 0 aromatic heterocycles. The maximum absolute atomic E-state index is 11.7. The van der Waals surface area contributed by atoms with Crippen LogP contribution in [0, 0.1) is 5.41 Å². The van der Waals surface area contributed by atoms with Gasteiger partial charge in [-0.2, -0.15) is 9.59 Å². The molecule has 2 amide bonds. The minimum atomic E-state index is -0.337. The standard InChI is InChI=1S/C13H21NO4.C13H23NO2.CO2.CH4.Li.H2O/c1-10(2)18-11(16)14-12-3-6-13(7-4-12,8-5-12)17-9-15;1-10(2)16-11(15)14-13-7-4-12(3,5-8-13)6-9-13;2-1-3;;;/h9-10H,3-8H2,1-2H3,(H,14,16);10H,4-9H2,1-3H3,(H,14,15);;1H4;;1H2/q;;;;+1;/p-1. The number of alkyl carbamates (subject to hydrolysis) is 2. The Kier molecular flexibility index (Phi) is 17.1. The minimum absolute atomic E-state index is 0. The van der Waals surface area contributed by atoms with E-state index in [1.54, 1.807) is 0 Å². The molecule has 11 nitrogen and oxygen atoms in total. The summed E-state index contributed by atoms with van der Waals surface area (Å²) in [5.41, 5.74) is 0.169. The minimum Gasteiger partial charge on any atom is -0.870 e. The van der Waals surface area contributed by atoms with E-state index in [2.05, 4.69) is 17.6 Å². The van der Waals surface area contributed by atoms with Gasteiger partial charge in [0, 0.05) is 11.1 Å². The summed E-state index contributed by atoms with van der Waals surface area (Å²) in [5.74, 6) is 0. The summed E-state index contributed by atoms with van der Waals surface area (Å²) in [7, 11) is 0. The molecular formula is C28H49LiN2O9. The summed E-state index contributed by atoms with van der Waals surface area (Å²) in [6.45, 7) is 10.4. The van der Waals surface area contributed by atoms with Crippen LogP contribution in [0.15, 0.2) is 0 Å². The molecule has 40 heavy (non-hydrogen) atoms. The number of nitrogens with one attached hydrogen (secondary N) is 2. The molecule has 0 atom stereocenters. The van der Waals surface area contributed by atoms with Gasteiger partial charge in [-0.05, 0) is 110 Å². The van der Waals surface area contributed by atoms with Crippen molar-refractivity contribution in [3.8, 4) is 0 Å². The third-order valence-electron chi connectivity index (χ3n) is 8.52. The van der Waals surface area contributed by atoms with E-state index in [-0.39, 0.29) is 79.0 Å². The van der Waals surface area contributed by atoms with E-state index in [0.717, 1.165) is 57.8 Å². The van der Waals surface area contributed by atoms with Gasteiger partial charge in [0.2, 0.25) is 0 Å². The van der Waals surface area contributed by atoms with Crippen molar-refractivity contribution in [3.63, 3.8) is 0 Å². The second kappa shape index (κ2) is 17.0.